The van der Waals surface area contributed by atoms with Crippen molar-refractivity contribution in [3.05, 3.63) is 30.1 Å². The first-order valence-electron chi connectivity index (χ1n) is 5.16. The molecular weight excluding hydrogens is 261 g/mol. The van der Waals surface area contributed by atoms with Crippen molar-refractivity contribution >= 4 is 35.0 Å². The molecular formula is C11H13Cl2N3O. The van der Waals surface area contributed by atoms with E-state index in [1.807, 2.05) is 24.1 Å². The predicted octanol–water partition coefficient (Wildman–Crippen LogP) is 2.39. The number of pyridine rings is 1. The number of hydrogen-bond donors (Lipinski definition) is 0. The fourth-order valence-corrected chi connectivity index (χ4v) is 1.94. The van der Waals surface area contributed by atoms with Crippen molar-refractivity contribution in [1.29, 1.82) is 0 Å². The molecule has 0 saturated carbocycles. The van der Waals surface area contributed by atoms with Crippen LogP contribution in [0.3, 0.4) is 0 Å². The number of carbonyl (C=O) groups is 1. The lowest BCUT2D eigenvalue weighted by atomic mass is 10.0. The zero-order valence-electron chi connectivity index (χ0n) is 9.34. The molecule has 92 valence electrons. The Morgan fingerprint density at radius 1 is 1.65 bits per heavy atom. The maximum absolute atomic E-state index is 11.1. The van der Waals surface area contributed by atoms with Crippen molar-refractivity contribution in [2.45, 2.75) is 19.4 Å². The Balaban J connectivity index is 0.00000144. The minimum Gasteiger partial charge on any atom is -0.289 e. The fourth-order valence-electron chi connectivity index (χ4n) is 1.83. The molecule has 6 heteroatoms. The van der Waals surface area contributed by atoms with Gasteiger partial charge in [0.15, 0.2) is 0 Å². The predicted molar refractivity (Wildman–Crippen MR) is 69.5 cm³/mol. The summed E-state index contributed by atoms with van der Waals surface area (Å²) in [7, 11) is 0. The molecule has 0 spiro atoms. The van der Waals surface area contributed by atoms with Crippen molar-refractivity contribution in [2.75, 3.05) is 6.54 Å². The highest BCUT2D eigenvalue weighted by molar-refractivity contribution is 6.82. The van der Waals surface area contributed by atoms with Gasteiger partial charge in [-0.3, -0.25) is 14.8 Å². The van der Waals surface area contributed by atoms with Crippen LogP contribution in [0, 0.1) is 0 Å². The van der Waals surface area contributed by atoms with Gasteiger partial charge in [0.25, 0.3) is 5.24 Å². The van der Waals surface area contributed by atoms with Crippen molar-refractivity contribution in [1.82, 2.24) is 9.99 Å². The van der Waals surface area contributed by atoms with Crippen LogP contribution in [-0.4, -0.2) is 27.5 Å². The Hall–Kier alpha value is -1.13. The Morgan fingerprint density at radius 2 is 2.41 bits per heavy atom. The van der Waals surface area contributed by atoms with E-state index < -0.39 is 5.24 Å². The maximum Gasteiger partial charge on any atom is 0.268 e. The number of halogens is 2. The summed E-state index contributed by atoms with van der Waals surface area (Å²) in [6.45, 7) is 2.74. The van der Waals surface area contributed by atoms with Crippen LogP contribution in [0.5, 0.6) is 0 Å². The van der Waals surface area contributed by atoms with Gasteiger partial charge in [0.1, 0.15) is 5.71 Å². The van der Waals surface area contributed by atoms with E-state index in [-0.39, 0.29) is 18.4 Å². The van der Waals surface area contributed by atoms with Gasteiger partial charge < -0.3 is 0 Å². The number of hydrogen-bond acceptors (Lipinski definition) is 4. The quantitative estimate of drug-likeness (QED) is 0.795. The summed E-state index contributed by atoms with van der Waals surface area (Å²) in [5, 5.41) is 5.60. The third-order valence-electron chi connectivity index (χ3n) is 2.62. The van der Waals surface area contributed by atoms with Crippen LogP contribution in [0.2, 0.25) is 0 Å². The Kier molecular flexibility index (Phi) is 4.90. The van der Waals surface area contributed by atoms with Crippen LogP contribution < -0.4 is 0 Å². The second-order valence-electron chi connectivity index (χ2n) is 3.58. The van der Waals surface area contributed by atoms with Gasteiger partial charge in [0.2, 0.25) is 0 Å². The lowest BCUT2D eigenvalue weighted by molar-refractivity contribution is -0.106. The lowest BCUT2D eigenvalue weighted by Gasteiger charge is -2.21. The van der Waals surface area contributed by atoms with Crippen molar-refractivity contribution in [2.24, 2.45) is 5.10 Å². The smallest absolute Gasteiger partial charge is 0.268 e. The Morgan fingerprint density at radius 3 is 2.94 bits per heavy atom. The number of carbonyl (C=O) groups excluding carboxylic acids is 1. The Bertz CT molecular complexity index is 422. The number of nitrogens with zero attached hydrogens (tertiary/aromatic N) is 3. The summed E-state index contributed by atoms with van der Waals surface area (Å²) >= 11 is 5.45. The second-order valence-corrected chi connectivity index (χ2v) is 3.93. The molecule has 0 fully saturated rings. The molecule has 0 saturated heterocycles. The first kappa shape index (κ1) is 13.9. The normalized spacial score (nSPS) is 18.6. The van der Waals surface area contributed by atoms with Gasteiger partial charge in [0, 0.05) is 25.4 Å². The van der Waals surface area contributed by atoms with E-state index in [1.54, 1.807) is 12.4 Å². The summed E-state index contributed by atoms with van der Waals surface area (Å²) in [4.78, 5) is 15.1. The number of hydrazone groups is 1. The van der Waals surface area contributed by atoms with Crippen LogP contribution in [0.25, 0.3) is 0 Å². The SMILES string of the molecule is CCN1N=C(C(=O)Cl)CC1c1cccnc1.Cl. The molecule has 2 heterocycles. The molecule has 0 bridgehead atoms. The second kappa shape index (κ2) is 5.98. The van der Waals surface area contributed by atoms with Crippen LogP contribution in [0.4, 0.5) is 0 Å². The molecule has 17 heavy (non-hydrogen) atoms. The highest BCUT2D eigenvalue weighted by atomic mass is 35.5. The summed E-state index contributed by atoms with van der Waals surface area (Å²) in [6, 6.07) is 3.94. The number of rotatable bonds is 3. The van der Waals surface area contributed by atoms with E-state index in [2.05, 4.69) is 10.1 Å². The minimum absolute atomic E-state index is 0. The molecule has 0 N–H and O–H groups in total. The minimum atomic E-state index is -0.468. The van der Waals surface area contributed by atoms with Crippen molar-refractivity contribution in [3.63, 3.8) is 0 Å². The van der Waals surface area contributed by atoms with E-state index in [1.165, 1.54) is 0 Å². The topological polar surface area (TPSA) is 45.6 Å². The molecule has 0 amide bonds. The van der Waals surface area contributed by atoms with Gasteiger partial charge >= 0.3 is 0 Å². The van der Waals surface area contributed by atoms with Crippen LogP contribution in [-0.2, 0) is 4.79 Å². The molecule has 1 aliphatic rings. The van der Waals surface area contributed by atoms with E-state index in [9.17, 15) is 4.79 Å². The van der Waals surface area contributed by atoms with Gasteiger partial charge in [-0.25, -0.2) is 0 Å². The summed E-state index contributed by atoms with van der Waals surface area (Å²) < 4.78 is 0. The molecule has 2 rings (SSSR count). The fraction of sp³-hybridized carbons (Fsp3) is 0.364. The zero-order valence-corrected chi connectivity index (χ0v) is 10.9. The molecule has 4 nitrogen and oxygen atoms in total. The molecule has 0 aliphatic carbocycles. The van der Waals surface area contributed by atoms with Crippen LogP contribution >= 0.6 is 24.0 Å². The largest absolute Gasteiger partial charge is 0.289 e. The van der Waals surface area contributed by atoms with Gasteiger partial charge in [-0.05, 0) is 30.2 Å². The highest BCUT2D eigenvalue weighted by Crippen LogP contribution is 2.30. The first-order valence-corrected chi connectivity index (χ1v) is 5.54. The highest BCUT2D eigenvalue weighted by Gasteiger charge is 2.29. The maximum atomic E-state index is 11.1. The molecule has 1 aliphatic heterocycles. The third-order valence-corrected chi connectivity index (χ3v) is 2.83. The van der Waals surface area contributed by atoms with E-state index in [4.69, 9.17) is 11.6 Å². The summed E-state index contributed by atoms with van der Waals surface area (Å²) in [5.41, 5.74) is 1.48. The molecule has 1 aromatic rings. The summed E-state index contributed by atoms with van der Waals surface area (Å²) in [5.74, 6) is 0. The average Bonchev–Trinajstić information content (AvgIpc) is 2.74. The lowest BCUT2D eigenvalue weighted by Crippen LogP contribution is -2.18. The van der Waals surface area contributed by atoms with Gasteiger partial charge in [-0.2, -0.15) is 5.10 Å². The van der Waals surface area contributed by atoms with Crippen LogP contribution in [0.1, 0.15) is 24.9 Å². The standard InChI is InChI=1S/C11H12ClN3O.ClH/c1-2-15-10(6-9(14-15)11(12)16)8-4-3-5-13-7-8;/h3-5,7,10H,2,6H2,1H3;1H. The van der Waals surface area contributed by atoms with E-state index >= 15 is 0 Å². The van der Waals surface area contributed by atoms with Crippen LogP contribution in [0.15, 0.2) is 29.6 Å². The third kappa shape index (κ3) is 2.96. The molecule has 1 unspecified atom stereocenters. The average molecular weight is 274 g/mol. The van der Waals surface area contributed by atoms with E-state index in [0.29, 0.717) is 12.1 Å². The molecule has 0 radical (unpaired) electrons. The zero-order chi connectivity index (χ0) is 11.5. The van der Waals surface area contributed by atoms with Gasteiger partial charge in [0.05, 0.1) is 6.04 Å². The van der Waals surface area contributed by atoms with Crippen molar-refractivity contribution < 1.29 is 4.79 Å². The molecule has 1 aromatic heterocycles. The molecule has 0 aromatic carbocycles. The summed E-state index contributed by atoms with van der Waals surface area (Å²) in [6.07, 6.45) is 4.08. The van der Waals surface area contributed by atoms with E-state index in [0.717, 1.165) is 12.1 Å². The monoisotopic (exact) mass is 273 g/mol. The van der Waals surface area contributed by atoms with Gasteiger partial charge in [-0.15, -0.1) is 12.4 Å². The molecule has 1 atom stereocenters. The van der Waals surface area contributed by atoms with Gasteiger partial charge in [-0.1, -0.05) is 6.07 Å². The van der Waals surface area contributed by atoms with Crippen molar-refractivity contribution in [3.8, 4) is 0 Å². The Labute approximate surface area is 111 Å². The first-order chi connectivity index (χ1) is 7.72. The number of aromatic nitrogens is 1.